The van der Waals surface area contributed by atoms with Gasteiger partial charge in [-0.05, 0) is 157 Å². The first-order chi connectivity index (χ1) is 40.0. The van der Waals surface area contributed by atoms with E-state index in [1.807, 2.05) is 112 Å². The molecule has 10 aromatic carbocycles. The number of aromatic nitrogens is 2. The molecule has 0 unspecified atom stereocenters. The highest BCUT2D eigenvalue weighted by Gasteiger charge is 2.34. The molecule has 0 saturated carbocycles. The average molecular weight is 1100 g/mol. The van der Waals surface area contributed by atoms with E-state index in [2.05, 4.69) is 138 Å². The van der Waals surface area contributed by atoms with Gasteiger partial charge in [-0.1, -0.05) is 151 Å². The van der Waals surface area contributed by atoms with Crippen molar-refractivity contribution >= 4 is 44.6 Å². The van der Waals surface area contributed by atoms with Gasteiger partial charge < -0.3 is 14.5 Å². The first-order valence-electron chi connectivity index (χ1n) is 27.9. The van der Waals surface area contributed by atoms with Crippen molar-refractivity contribution in [1.29, 1.82) is 0 Å². The molecule has 3 heterocycles. The lowest BCUT2D eigenvalue weighted by Gasteiger charge is -2.30. The lowest BCUT2D eigenvalue weighted by Crippen LogP contribution is -2.25. The van der Waals surface area contributed by atoms with Crippen molar-refractivity contribution < 1.29 is 22.3 Å². The highest BCUT2D eigenvalue weighted by atomic mass is 19.1. The van der Waals surface area contributed by atoms with Crippen LogP contribution in [0.4, 0.5) is 40.3 Å². The topological polar surface area (TPSA) is 33.5 Å². The summed E-state index contributed by atoms with van der Waals surface area (Å²) in [7, 11) is 0. The van der Waals surface area contributed by atoms with Gasteiger partial charge in [0.15, 0.2) is 0 Å². The Morgan fingerprint density at radius 1 is 0.398 bits per heavy atom. The minimum Gasteiger partial charge on any atom is -0.457 e. The van der Waals surface area contributed by atoms with Crippen LogP contribution in [-0.2, 0) is 10.8 Å². The number of para-hydroxylation sites is 3. The molecular weight excluding hydrogens is 1040 g/mol. The smallest absolute Gasteiger partial charge is 0.137 e. The van der Waals surface area contributed by atoms with Gasteiger partial charge >= 0.3 is 0 Å². The Bertz CT molecular complexity index is 4310. The number of ether oxygens (including phenoxy) is 1. The average Bonchev–Trinajstić information content (AvgIpc) is 4.01. The van der Waals surface area contributed by atoms with E-state index in [0.717, 1.165) is 101 Å². The lowest BCUT2D eigenvalue weighted by atomic mass is 9.82. The van der Waals surface area contributed by atoms with Crippen molar-refractivity contribution in [2.75, 3.05) is 16.5 Å². The van der Waals surface area contributed by atoms with Gasteiger partial charge in [-0.3, -0.25) is 4.57 Å². The third-order valence-corrected chi connectivity index (χ3v) is 15.8. The maximum absolute atomic E-state index is 15.6. The summed E-state index contributed by atoms with van der Waals surface area (Å²) in [6, 6.07) is 71.1. The zero-order valence-corrected chi connectivity index (χ0v) is 46.9. The minimum atomic E-state index is -0.754. The second-order valence-corrected chi connectivity index (χ2v) is 23.4. The predicted molar refractivity (Wildman–Crippen MR) is 332 cm³/mol. The Morgan fingerprint density at radius 3 is 1.53 bits per heavy atom. The van der Waals surface area contributed by atoms with Crippen molar-refractivity contribution in [3.05, 3.63) is 265 Å². The summed E-state index contributed by atoms with van der Waals surface area (Å²) < 4.78 is 71.7. The Balaban J connectivity index is 1.04. The number of hydrogen-bond donors (Lipinski definition) is 0. The summed E-state index contributed by atoms with van der Waals surface area (Å²) in [6.07, 6.45) is 1.88. The Morgan fingerprint density at radius 2 is 0.940 bits per heavy atom. The maximum atomic E-state index is 15.6. The van der Waals surface area contributed by atoms with Crippen molar-refractivity contribution in [2.24, 2.45) is 0 Å². The first kappa shape index (κ1) is 52.6. The zero-order chi connectivity index (χ0) is 57.3. The van der Waals surface area contributed by atoms with E-state index >= 15 is 17.6 Å². The lowest BCUT2D eigenvalue weighted by molar-refractivity contribution is 0.483. The van der Waals surface area contributed by atoms with Gasteiger partial charge in [-0.25, -0.2) is 22.5 Å². The Kier molecular flexibility index (Phi) is 13.1. The largest absolute Gasteiger partial charge is 0.457 e. The number of nitrogens with zero attached hydrogens (tertiary/aromatic N) is 4. The molecule has 0 fully saturated rings. The number of anilines is 4. The number of benzene rings is 10. The monoisotopic (exact) mass is 1090 g/mol. The molecule has 1 aliphatic rings. The van der Waals surface area contributed by atoms with E-state index in [-0.39, 0.29) is 23.2 Å². The van der Waals surface area contributed by atoms with Crippen LogP contribution in [0, 0.1) is 23.3 Å². The fourth-order valence-electron chi connectivity index (χ4n) is 11.8. The van der Waals surface area contributed by atoms with Gasteiger partial charge in [0.1, 0.15) is 47.3 Å². The molecule has 1 aliphatic heterocycles. The predicted octanol–water partition coefficient (Wildman–Crippen LogP) is 20.7. The van der Waals surface area contributed by atoms with Gasteiger partial charge in [0.2, 0.25) is 0 Å². The van der Waals surface area contributed by atoms with Crippen molar-refractivity contribution in [2.45, 2.75) is 52.4 Å². The van der Waals surface area contributed by atoms with Gasteiger partial charge in [-0.15, -0.1) is 0 Å². The molecule has 2 aromatic heterocycles. The molecular formula is C74H58F4N4O. The number of hydrogen-bond acceptors (Lipinski definition) is 4. The van der Waals surface area contributed by atoms with Crippen molar-refractivity contribution in [3.8, 4) is 73.0 Å². The molecule has 0 N–H and O–H groups in total. The van der Waals surface area contributed by atoms with Crippen LogP contribution in [-0.4, -0.2) is 16.2 Å². The SMILES string of the molecule is CC(C)(C)c1ccnc(-n2c3ccccc3c3ccc(Oc4cc(-c5c(-c6ccccc6)cccc5-c5ccccc5)cc(N5CN(c6c(-c7cc(F)cc(F)c7)cc(C(C)(C)C)cc6-c6cc(F)cc(F)c6)c6ccccc65)c4)cc32)c1. The molecule has 0 aliphatic carbocycles. The molecule has 9 heteroatoms. The van der Waals surface area contributed by atoms with E-state index in [1.54, 1.807) is 0 Å². The number of halogens is 4. The molecule has 12 aromatic rings. The van der Waals surface area contributed by atoms with E-state index in [4.69, 9.17) is 9.72 Å². The standard InChI is InChI=1S/C74H58F4N4O/c1-73(2,3)51-30-31-79-70(40-51)82-66-25-14-13-22-62(66)63-29-28-58(44-69(63)82)83-59-37-50(71-60(46-18-9-7-10-19-46)23-17-24-61(71)47-20-11-8-12-21-47)36-57(43-59)80-45-81(68-27-16-15-26-67(68)80)72-64(48-32-53(75)41-54(76)33-48)38-52(74(4,5)6)39-65(72)49-34-55(77)42-56(78)35-49/h7-44H,45H2,1-6H3. The van der Waals surface area contributed by atoms with Crippen LogP contribution in [0.3, 0.4) is 0 Å². The fourth-order valence-corrected chi connectivity index (χ4v) is 11.8. The number of rotatable bonds is 10. The molecule has 0 radical (unpaired) electrons. The molecule has 13 rings (SSSR count). The summed E-state index contributed by atoms with van der Waals surface area (Å²) in [5, 5.41) is 2.15. The molecule has 0 spiro atoms. The molecule has 0 atom stereocenters. The van der Waals surface area contributed by atoms with Crippen LogP contribution >= 0.6 is 0 Å². The van der Waals surface area contributed by atoms with Crippen LogP contribution in [0.5, 0.6) is 11.5 Å². The highest BCUT2D eigenvalue weighted by Crippen LogP contribution is 2.53. The molecule has 5 nitrogen and oxygen atoms in total. The summed E-state index contributed by atoms with van der Waals surface area (Å²) >= 11 is 0. The zero-order valence-electron chi connectivity index (χ0n) is 46.9. The van der Waals surface area contributed by atoms with Crippen molar-refractivity contribution in [1.82, 2.24) is 9.55 Å². The molecule has 0 bridgehead atoms. The molecule has 0 saturated heterocycles. The molecule has 0 amide bonds. The van der Waals surface area contributed by atoms with Gasteiger partial charge in [0.05, 0.1) is 28.1 Å². The molecule has 83 heavy (non-hydrogen) atoms. The summed E-state index contributed by atoms with van der Waals surface area (Å²) in [5.41, 5.74) is 13.7. The normalized spacial score (nSPS) is 12.6. The minimum absolute atomic E-state index is 0.108. The Hall–Kier alpha value is -9.73. The van der Waals surface area contributed by atoms with Gasteiger partial charge in [0.25, 0.3) is 0 Å². The van der Waals surface area contributed by atoms with E-state index in [1.165, 1.54) is 24.3 Å². The molecule has 408 valence electrons. The van der Waals surface area contributed by atoms with Crippen LogP contribution in [0.1, 0.15) is 52.7 Å². The van der Waals surface area contributed by atoms with Crippen LogP contribution < -0.4 is 14.5 Å². The summed E-state index contributed by atoms with van der Waals surface area (Å²) in [4.78, 5) is 9.21. The van der Waals surface area contributed by atoms with Gasteiger partial charge in [0, 0.05) is 58.0 Å². The van der Waals surface area contributed by atoms with Crippen LogP contribution in [0.2, 0.25) is 0 Å². The van der Waals surface area contributed by atoms with Crippen molar-refractivity contribution in [3.63, 3.8) is 0 Å². The van der Waals surface area contributed by atoms with Gasteiger partial charge in [-0.2, -0.15) is 0 Å². The third kappa shape index (κ3) is 9.96. The van der Waals surface area contributed by atoms with Crippen LogP contribution in [0.25, 0.3) is 83.3 Å². The first-order valence-corrected chi connectivity index (χ1v) is 27.9. The number of fused-ring (bicyclic) bond motifs is 4. The highest BCUT2D eigenvalue weighted by molar-refractivity contribution is 6.09. The van der Waals surface area contributed by atoms with Crippen LogP contribution in [0.15, 0.2) is 231 Å². The number of pyridine rings is 1. The van der Waals surface area contributed by atoms with E-state index in [9.17, 15) is 0 Å². The fraction of sp³-hybridized carbons (Fsp3) is 0.122. The Labute approximate surface area is 481 Å². The summed E-state index contributed by atoms with van der Waals surface area (Å²) in [5.74, 6) is -1.04. The van der Waals surface area contributed by atoms with E-state index < -0.39 is 28.7 Å². The second-order valence-electron chi connectivity index (χ2n) is 23.4. The second kappa shape index (κ2) is 20.7. The summed E-state index contributed by atoms with van der Waals surface area (Å²) in [6.45, 7) is 12.9. The third-order valence-electron chi connectivity index (χ3n) is 15.8. The quantitative estimate of drug-likeness (QED) is 0.128. The van der Waals surface area contributed by atoms with E-state index in [0.29, 0.717) is 28.3 Å². The maximum Gasteiger partial charge on any atom is 0.137 e.